The number of ether oxygens (including phenoxy) is 1. The van der Waals surface area contributed by atoms with Crippen molar-refractivity contribution in [1.29, 1.82) is 5.26 Å². The van der Waals surface area contributed by atoms with Gasteiger partial charge in [0.2, 0.25) is 0 Å². The van der Waals surface area contributed by atoms with Gasteiger partial charge in [0, 0.05) is 13.1 Å². The van der Waals surface area contributed by atoms with Gasteiger partial charge in [-0.1, -0.05) is 0 Å². The first-order chi connectivity index (χ1) is 7.85. The second-order valence-electron chi connectivity index (χ2n) is 4.23. The molecule has 0 aromatic carbocycles. The highest BCUT2D eigenvalue weighted by Crippen LogP contribution is 2.28. The smallest absolute Gasteiger partial charge is 0.158 e. The lowest BCUT2D eigenvalue weighted by molar-refractivity contribution is 0.0302. The van der Waals surface area contributed by atoms with E-state index in [1.54, 1.807) is 6.20 Å². The molecule has 5 heteroatoms. The van der Waals surface area contributed by atoms with Crippen LogP contribution in [0.1, 0.15) is 18.5 Å². The lowest BCUT2D eigenvalue weighted by atomic mass is 10.2. The number of fused-ring (bicyclic) bond motifs is 2. The van der Waals surface area contributed by atoms with Crippen LogP contribution in [0.3, 0.4) is 0 Å². The number of rotatable bonds is 1. The molecule has 5 nitrogen and oxygen atoms in total. The minimum atomic E-state index is 0.344. The number of hydrogen-bond acceptors (Lipinski definition) is 5. The van der Waals surface area contributed by atoms with Crippen molar-refractivity contribution in [2.45, 2.75) is 25.0 Å². The van der Waals surface area contributed by atoms with Crippen LogP contribution >= 0.6 is 0 Å². The second kappa shape index (κ2) is 3.72. The molecule has 0 spiro atoms. The minimum absolute atomic E-state index is 0.344. The van der Waals surface area contributed by atoms with Gasteiger partial charge < -0.3 is 9.64 Å². The molecule has 16 heavy (non-hydrogen) atoms. The summed E-state index contributed by atoms with van der Waals surface area (Å²) in [5.41, 5.74) is 0.361. The van der Waals surface area contributed by atoms with Crippen molar-refractivity contribution in [1.82, 2.24) is 9.97 Å². The zero-order chi connectivity index (χ0) is 11.0. The van der Waals surface area contributed by atoms with Crippen LogP contribution in [-0.4, -0.2) is 35.3 Å². The number of hydrogen-bond donors (Lipinski definition) is 0. The molecule has 2 saturated heterocycles. The minimum Gasteiger partial charge on any atom is -0.371 e. The van der Waals surface area contributed by atoms with E-state index in [-0.39, 0.29) is 0 Å². The van der Waals surface area contributed by atoms with Crippen molar-refractivity contribution in [2.75, 3.05) is 18.0 Å². The van der Waals surface area contributed by atoms with Crippen molar-refractivity contribution in [3.8, 4) is 6.07 Å². The molecule has 2 unspecified atom stereocenters. The second-order valence-corrected chi connectivity index (χ2v) is 4.23. The third-order valence-corrected chi connectivity index (χ3v) is 3.12. The largest absolute Gasteiger partial charge is 0.371 e. The van der Waals surface area contributed by atoms with E-state index in [1.165, 1.54) is 6.20 Å². The molecule has 0 N–H and O–H groups in total. The fourth-order valence-corrected chi connectivity index (χ4v) is 2.34. The summed E-state index contributed by atoms with van der Waals surface area (Å²) in [6.07, 6.45) is 6.17. The average molecular weight is 216 g/mol. The highest BCUT2D eigenvalue weighted by molar-refractivity contribution is 5.38. The molecule has 2 aliphatic heterocycles. The van der Waals surface area contributed by atoms with Crippen LogP contribution in [0.25, 0.3) is 0 Å². The highest BCUT2D eigenvalue weighted by atomic mass is 16.5. The fraction of sp³-hybridized carbons (Fsp3) is 0.545. The van der Waals surface area contributed by atoms with Crippen LogP contribution in [0.5, 0.6) is 0 Å². The molecule has 2 atom stereocenters. The average Bonchev–Trinajstić information content (AvgIpc) is 2.68. The SMILES string of the molecule is N#Cc1cnc(N2CC3CCC(C2)O3)cn1. The Balaban J connectivity index is 1.79. The molecule has 2 aliphatic rings. The number of morpholine rings is 1. The summed E-state index contributed by atoms with van der Waals surface area (Å²) < 4.78 is 5.75. The number of nitriles is 1. The summed E-state index contributed by atoms with van der Waals surface area (Å²) >= 11 is 0. The maximum Gasteiger partial charge on any atom is 0.158 e. The summed E-state index contributed by atoms with van der Waals surface area (Å²) in [7, 11) is 0. The maximum atomic E-state index is 8.65. The highest BCUT2D eigenvalue weighted by Gasteiger charge is 2.34. The molecule has 2 fully saturated rings. The Bertz CT molecular complexity index is 413. The Morgan fingerprint density at radius 1 is 1.25 bits per heavy atom. The Morgan fingerprint density at radius 2 is 2.00 bits per heavy atom. The molecule has 0 aliphatic carbocycles. The Labute approximate surface area is 93.7 Å². The van der Waals surface area contributed by atoms with Gasteiger partial charge in [0.15, 0.2) is 5.69 Å². The van der Waals surface area contributed by atoms with Crippen molar-refractivity contribution in [2.24, 2.45) is 0 Å². The molecular formula is C11H12N4O. The van der Waals surface area contributed by atoms with Gasteiger partial charge in [0.1, 0.15) is 11.9 Å². The molecule has 3 rings (SSSR count). The first-order valence-corrected chi connectivity index (χ1v) is 5.48. The van der Waals surface area contributed by atoms with E-state index in [0.717, 1.165) is 31.7 Å². The van der Waals surface area contributed by atoms with Crippen molar-refractivity contribution in [3.63, 3.8) is 0 Å². The molecule has 3 heterocycles. The summed E-state index contributed by atoms with van der Waals surface area (Å²) in [5.74, 6) is 0.846. The van der Waals surface area contributed by atoms with Crippen molar-refractivity contribution in [3.05, 3.63) is 18.1 Å². The van der Waals surface area contributed by atoms with Crippen LogP contribution in [-0.2, 0) is 4.74 Å². The van der Waals surface area contributed by atoms with Gasteiger partial charge in [-0.15, -0.1) is 0 Å². The van der Waals surface area contributed by atoms with Crippen LogP contribution in [0.4, 0.5) is 5.82 Å². The van der Waals surface area contributed by atoms with Crippen LogP contribution in [0, 0.1) is 11.3 Å². The predicted octanol–water partition coefficient (Wildman–Crippen LogP) is 0.716. The topological polar surface area (TPSA) is 62.0 Å². The lowest BCUT2D eigenvalue weighted by Crippen LogP contribution is -2.43. The molecule has 1 aromatic rings. The summed E-state index contributed by atoms with van der Waals surface area (Å²) in [5, 5.41) is 8.65. The van der Waals surface area contributed by atoms with Gasteiger partial charge in [0.25, 0.3) is 0 Å². The molecule has 0 radical (unpaired) electrons. The summed E-state index contributed by atoms with van der Waals surface area (Å²) in [6.45, 7) is 1.77. The predicted molar refractivity (Wildman–Crippen MR) is 56.9 cm³/mol. The quantitative estimate of drug-likeness (QED) is 0.692. The van der Waals surface area contributed by atoms with Gasteiger partial charge in [0.05, 0.1) is 24.6 Å². The number of aromatic nitrogens is 2. The van der Waals surface area contributed by atoms with E-state index < -0.39 is 0 Å². The molecular weight excluding hydrogens is 204 g/mol. The Kier molecular flexibility index (Phi) is 2.22. The van der Waals surface area contributed by atoms with Crippen LogP contribution in [0.2, 0.25) is 0 Å². The van der Waals surface area contributed by atoms with E-state index in [9.17, 15) is 0 Å². The number of anilines is 1. The van der Waals surface area contributed by atoms with E-state index in [0.29, 0.717) is 17.9 Å². The maximum absolute atomic E-state index is 8.65. The van der Waals surface area contributed by atoms with Crippen LogP contribution in [0.15, 0.2) is 12.4 Å². The Hall–Kier alpha value is -1.67. The third kappa shape index (κ3) is 1.61. The zero-order valence-electron chi connectivity index (χ0n) is 8.83. The van der Waals surface area contributed by atoms with E-state index in [1.807, 2.05) is 6.07 Å². The zero-order valence-corrected chi connectivity index (χ0v) is 8.83. The van der Waals surface area contributed by atoms with Gasteiger partial charge in [-0.2, -0.15) is 5.26 Å². The summed E-state index contributed by atoms with van der Waals surface area (Å²) in [6, 6.07) is 1.97. The molecule has 1 aromatic heterocycles. The third-order valence-electron chi connectivity index (χ3n) is 3.12. The van der Waals surface area contributed by atoms with Gasteiger partial charge in [-0.25, -0.2) is 9.97 Å². The molecule has 82 valence electrons. The van der Waals surface area contributed by atoms with Gasteiger partial charge >= 0.3 is 0 Å². The fourth-order valence-electron chi connectivity index (χ4n) is 2.34. The van der Waals surface area contributed by atoms with Crippen molar-refractivity contribution < 1.29 is 4.74 Å². The normalized spacial score (nSPS) is 27.8. The van der Waals surface area contributed by atoms with E-state index >= 15 is 0 Å². The lowest BCUT2D eigenvalue weighted by Gasteiger charge is -2.32. The first-order valence-electron chi connectivity index (χ1n) is 5.48. The first kappa shape index (κ1) is 9.55. The van der Waals surface area contributed by atoms with Gasteiger partial charge in [-0.05, 0) is 12.8 Å². The van der Waals surface area contributed by atoms with E-state index in [2.05, 4.69) is 14.9 Å². The monoisotopic (exact) mass is 216 g/mol. The molecule has 0 saturated carbocycles. The molecule has 0 amide bonds. The summed E-state index contributed by atoms with van der Waals surface area (Å²) in [4.78, 5) is 10.5. The van der Waals surface area contributed by atoms with E-state index in [4.69, 9.17) is 10.00 Å². The van der Waals surface area contributed by atoms with Gasteiger partial charge in [-0.3, -0.25) is 0 Å². The number of nitrogens with zero attached hydrogens (tertiary/aromatic N) is 4. The standard InChI is InChI=1S/C11H12N4O/c12-3-8-4-14-11(5-13-8)15-6-9-1-2-10(7-15)16-9/h4-5,9-10H,1-2,6-7H2. The van der Waals surface area contributed by atoms with Crippen LogP contribution < -0.4 is 4.90 Å². The Morgan fingerprint density at radius 3 is 2.56 bits per heavy atom. The molecule has 2 bridgehead atoms. The van der Waals surface area contributed by atoms with Crippen molar-refractivity contribution >= 4 is 5.82 Å².